The van der Waals surface area contributed by atoms with Crippen molar-refractivity contribution in [3.63, 3.8) is 0 Å². The van der Waals surface area contributed by atoms with Crippen LogP contribution in [0.3, 0.4) is 0 Å². The molecule has 1 atom stereocenters. The van der Waals surface area contributed by atoms with E-state index in [2.05, 4.69) is 24.5 Å². The van der Waals surface area contributed by atoms with Crippen molar-refractivity contribution in [3.8, 4) is 0 Å². The summed E-state index contributed by atoms with van der Waals surface area (Å²) in [5.74, 6) is -1.80. The fraction of sp³-hybridized carbons (Fsp3) is 0.483. The maximum Gasteiger partial charge on any atom is 0.322 e. The van der Waals surface area contributed by atoms with E-state index in [4.69, 9.17) is 0 Å². The van der Waals surface area contributed by atoms with Crippen LogP contribution in [0.1, 0.15) is 92.1 Å². The summed E-state index contributed by atoms with van der Waals surface area (Å²) in [5.41, 5.74) is 2.31. The van der Waals surface area contributed by atoms with Crippen molar-refractivity contribution in [3.05, 3.63) is 65.0 Å². The van der Waals surface area contributed by atoms with Gasteiger partial charge in [0.2, 0.25) is 5.91 Å². The van der Waals surface area contributed by atoms with E-state index >= 15 is 0 Å². The molecule has 7 nitrogen and oxygen atoms in total. The lowest BCUT2D eigenvalue weighted by Gasteiger charge is -2.30. The van der Waals surface area contributed by atoms with Crippen LogP contribution >= 0.6 is 0 Å². The maximum atomic E-state index is 14.0. The minimum absolute atomic E-state index is 0.0410. The van der Waals surface area contributed by atoms with Crippen LogP contribution in [0.4, 0.5) is 14.9 Å². The van der Waals surface area contributed by atoms with Gasteiger partial charge in [-0.25, -0.2) is 9.18 Å². The summed E-state index contributed by atoms with van der Waals surface area (Å²) in [7, 11) is 0. The predicted molar refractivity (Wildman–Crippen MR) is 138 cm³/mol. The lowest BCUT2D eigenvalue weighted by atomic mass is 9.81. The Hall–Kier alpha value is -3.42. The summed E-state index contributed by atoms with van der Waals surface area (Å²) in [6.45, 7) is 4.88. The van der Waals surface area contributed by atoms with Gasteiger partial charge >= 0.3 is 6.03 Å². The highest BCUT2D eigenvalue weighted by Crippen LogP contribution is 2.34. The van der Waals surface area contributed by atoms with Gasteiger partial charge in [-0.3, -0.25) is 4.79 Å². The molecule has 2 N–H and O–H groups in total. The molecule has 1 aliphatic carbocycles. The third kappa shape index (κ3) is 6.67. The molecule has 1 saturated carbocycles. The molecule has 1 heterocycles. The van der Waals surface area contributed by atoms with Crippen molar-refractivity contribution in [1.82, 2.24) is 10.2 Å². The minimum Gasteiger partial charge on any atom is -0.545 e. The first-order valence-corrected chi connectivity index (χ1v) is 13.2. The SMILES string of the molecule is CC(C)c1ccc(NC(=O)N2CCC[C@@H]2CC(=O)NC2CCC(c3ccc(C(=O)[O-])c(F)c3)CC2)cc1. The van der Waals surface area contributed by atoms with Gasteiger partial charge in [-0.05, 0) is 85.8 Å². The van der Waals surface area contributed by atoms with Crippen LogP contribution < -0.4 is 15.7 Å². The van der Waals surface area contributed by atoms with Gasteiger partial charge in [0.25, 0.3) is 0 Å². The standard InChI is InChI=1S/C29H36FN3O4/c1-18(2)19-5-10-23(11-6-19)32-29(37)33-15-3-4-24(33)17-27(34)31-22-12-7-20(8-13-22)21-9-14-25(28(35)36)26(30)16-21/h5-6,9-11,14,16,18,20,22,24H,3-4,7-8,12-13,15,17H2,1-2H3,(H,31,34)(H,32,37)(H,35,36)/p-1/t20?,22?,24-/m1/s1. The number of urea groups is 1. The van der Waals surface area contributed by atoms with Crippen molar-refractivity contribution in [2.45, 2.75) is 82.7 Å². The molecule has 2 aromatic rings. The lowest BCUT2D eigenvalue weighted by molar-refractivity contribution is -0.255. The first-order chi connectivity index (χ1) is 17.7. The first kappa shape index (κ1) is 26.6. The van der Waals surface area contributed by atoms with Gasteiger partial charge < -0.3 is 25.4 Å². The van der Waals surface area contributed by atoms with Gasteiger partial charge in [0, 0.05) is 36.3 Å². The average Bonchev–Trinajstić information content (AvgIpc) is 3.32. The van der Waals surface area contributed by atoms with E-state index in [0.717, 1.165) is 49.8 Å². The number of amides is 3. The second-order valence-electron chi connectivity index (χ2n) is 10.5. The van der Waals surface area contributed by atoms with Crippen molar-refractivity contribution in [2.75, 3.05) is 11.9 Å². The number of hydrogen-bond acceptors (Lipinski definition) is 4. The topological polar surface area (TPSA) is 102 Å². The molecule has 8 heteroatoms. The fourth-order valence-corrected chi connectivity index (χ4v) is 5.48. The summed E-state index contributed by atoms with van der Waals surface area (Å²) in [5, 5.41) is 17.0. The van der Waals surface area contributed by atoms with Crippen LogP contribution in [0.2, 0.25) is 0 Å². The second kappa shape index (κ2) is 11.8. The molecule has 0 unspecified atom stereocenters. The van der Waals surface area contributed by atoms with Crippen molar-refractivity contribution < 1.29 is 23.9 Å². The quantitative estimate of drug-likeness (QED) is 0.573. The molecular formula is C29H35FN3O4-. The molecule has 1 saturated heterocycles. The smallest absolute Gasteiger partial charge is 0.322 e. The zero-order valence-electron chi connectivity index (χ0n) is 21.5. The molecule has 198 valence electrons. The van der Waals surface area contributed by atoms with Gasteiger partial charge in [0.1, 0.15) is 5.82 Å². The monoisotopic (exact) mass is 508 g/mol. The molecular weight excluding hydrogens is 473 g/mol. The number of carbonyl (C=O) groups is 3. The summed E-state index contributed by atoms with van der Waals surface area (Å²) in [4.78, 5) is 38.4. The summed E-state index contributed by atoms with van der Waals surface area (Å²) >= 11 is 0. The van der Waals surface area contributed by atoms with E-state index in [1.807, 2.05) is 24.3 Å². The van der Waals surface area contributed by atoms with Crippen LogP contribution in [-0.4, -0.2) is 41.4 Å². The van der Waals surface area contributed by atoms with Crippen LogP contribution in [0.25, 0.3) is 0 Å². The molecule has 3 amide bonds. The lowest BCUT2D eigenvalue weighted by Crippen LogP contribution is -2.43. The number of carboxylic acids is 1. The van der Waals surface area contributed by atoms with Crippen molar-refractivity contribution >= 4 is 23.6 Å². The third-order valence-corrected chi connectivity index (χ3v) is 7.66. The highest BCUT2D eigenvalue weighted by atomic mass is 19.1. The minimum atomic E-state index is -1.52. The van der Waals surface area contributed by atoms with E-state index in [-0.39, 0.29) is 36.4 Å². The molecule has 2 aromatic carbocycles. The van der Waals surface area contributed by atoms with Crippen LogP contribution in [0.15, 0.2) is 42.5 Å². The second-order valence-corrected chi connectivity index (χ2v) is 10.5. The Morgan fingerprint density at radius 2 is 1.73 bits per heavy atom. The number of nitrogens with zero attached hydrogens (tertiary/aromatic N) is 1. The Kier molecular flexibility index (Phi) is 8.46. The molecule has 37 heavy (non-hydrogen) atoms. The summed E-state index contributed by atoms with van der Waals surface area (Å²) in [6, 6.07) is 11.8. The van der Waals surface area contributed by atoms with Crippen molar-refractivity contribution in [2.24, 2.45) is 0 Å². The van der Waals surface area contributed by atoms with Crippen LogP contribution in [-0.2, 0) is 4.79 Å². The normalized spacial score (nSPS) is 21.6. The number of hydrogen-bond donors (Lipinski definition) is 2. The molecule has 4 rings (SSSR count). The Morgan fingerprint density at radius 1 is 1.03 bits per heavy atom. The average molecular weight is 509 g/mol. The van der Waals surface area contributed by atoms with Crippen LogP contribution in [0, 0.1) is 5.82 Å². The number of halogens is 1. The zero-order valence-corrected chi connectivity index (χ0v) is 21.5. The first-order valence-electron chi connectivity index (χ1n) is 13.2. The zero-order chi connectivity index (χ0) is 26.5. The molecule has 2 aliphatic rings. The number of likely N-dealkylation sites (tertiary alicyclic amines) is 1. The van der Waals surface area contributed by atoms with Gasteiger partial charge in [-0.15, -0.1) is 0 Å². The number of aromatic carboxylic acids is 1. The van der Waals surface area contributed by atoms with E-state index < -0.39 is 17.3 Å². The number of carboxylic acid groups (broad SMARTS) is 1. The molecule has 0 spiro atoms. The summed E-state index contributed by atoms with van der Waals surface area (Å²) in [6.07, 6.45) is 5.03. The molecule has 0 aromatic heterocycles. The molecule has 0 bridgehead atoms. The molecule has 0 radical (unpaired) electrons. The number of rotatable bonds is 7. The van der Waals surface area contributed by atoms with Gasteiger partial charge in [0.15, 0.2) is 0 Å². The highest BCUT2D eigenvalue weighted by Gasteiger charge is 2.32. The van der Waals surface area contributed by atoms with Crippen LogP contribution in [0.5, 0.6) is 0 Å². The van der Waals surface area contributed by atoms with E-state index in [9.17, 15) is 23.9 Å². The van der Waals surface area contributed by atoms with Gasteiger partial charge in [-0.1, -0.05) is 32.0 Å². The van der Waals surface area contributed by atoms with E-state index in [0.29, 0.717) is 12.5 Å². The van der Waals surface area contributed by atoms with Gasteiger partial charge in [-0.2, -0.15) is 0 Å². The third-order valence-electron chi connectivity index (χ3n) is 7.66. The Morgan fingerprint density at radius 3 is 2.35 bits per heavy atom. The fourth-order valence-electron chi connectivity index (χ4n) is 5.48. The number of anilines is 1. The van der Waals surface area contributed by atoms with E-state index in [1.54, 1.807) is 11.0 Å². The predicted octanol–water partition coefficient (Wildman–Crippen LogP) is 4.54. The number of benzene rings is 2. The number of carbonyl (C=O) groups excluding carboxylic acids is 3. The Labute approximate surface area is 217 Å². The van der Waals surface area contributed by atoms with Crippen molar-refractivity contribution in [1.29, 1.82) is 0 Å². The highest BCUT2D eigenvalue weighted by molar-refractivity contribution is 5.90. The Bertz CT molecular complexity index is 1130. The summed E-state index contributed by atoms with van der Waals surface area (Å²) < 4.78 is 14.0. The largest absolute Gasteiger partial charge is 0.545 e. The van der Waals surface area contributed by atoms with Gasteiger partial charge in [0.05, 0.1) is 5.97 Å². The Balaban J connectivity index is 1.25. The van der Waals surface area contributed by atoms with E-state index in [1.165, 1.54) is 17.7 Å². The number of nitrogens with one attached hydrogen (secondary N) is 2. The molecule has 2 fully saturated rings. The maximum absolute atomic E-state index is 14.0. The molecule has 1 aliphatic heterocycles.